The van der Waals surface area contributed by atoms with Crippen LogP contribution in [-0.4, -0.2) is 23.0 Å². The summed E-state index contributed by atoms with van der Waals surface area (Å²) >= 11 is 0. The summed E-state index contributed by atoms with van der Waals surface area (Å²) in [6.45, 7) is 3.44. The zero-order chi connectivity index (χ0) is 11.2. The van der Waals surface area contributed by atoms with Crippen LogP contribution in [0.1, 0.15) is 26.7 Å². The van der Waals surface area contributed by atoms with Crippen molar-refractivity contribution < 1.29 is 14.5 Å². The van der Waals surface area contributed by atoms with Crippen molar-refractivity contribution in [2.75, 3.05) is 0 Å². The molecule has 5 nitrogen and oxygen atoms in total. The van der Waals surface area contributed by atoms with E-state index in [1.807, 2.05) is 6.92 Å². The van der Waals surface area contributed by atoms with E-state index in [-0.39, 0.29) is 34.8 Å². The highest BCUT2D eigenvalue weighted by atomic mass is 16.6. The second-order valence-corrected chi connectivity index (χ2v) is 4.61. The highest BCUT2D eigenvalue weighted by Gasteiger charge is 2.53. The number of hydrogen-bond donors (Lipinski definition) is 0. The number of fused-ring (bicyclic) bond motifs is 1. The number of carbonyl (C=O) groups is 1. The van der Waals surface area contributed by atoms with Crippen LogP contribution < -0.4 is 0 Å². The first-order chi connectivity index (χ1) is 7.02. The minimum absolute atomic E-state index is 0.00792. The van der Waals surface area contributed by atoms with Gasteiger partial charge in [-0.2, -0.15) is 0 Å². The Kier molecular flexibility index (Phi) is 2.40. The largest absolute Gasteiger partial charge is 0.462 e. The van der Waals surface area contributed by atoms with Gasteiger partial charge in [0.2, 0.25) is 6.04 Å². The van der Waals surface area contributed by atoms with Gasteiger partial charge in [0, 0.05) is 23.7 Å². The van der Waals surface area contributed by atoms with Gasteiger partial charge < -0.3 is 4.74 Å². The fourth-order valence-electron chi connectivity index (χ4n) is 2.98. The number of carbonyl (C=O) groups excluding carboxylic acids is 1. The third kappa shape index (κ3) is 1.50. The summed E-state index contributed by atoms with van der Waals surface area (Å²) in [5, 5.41) is 10.7. The molecule has 15 heavy (non-hydrogen) atoms. The zero-order valence-corrected chi connectivity index (χ0v) is 8.88. The van der Waals surface area contributed by atoms with Crippen LogP contribution in [0.2, 0.25) is 0 Å². The number of hydrogen-bond acceptors (Lipinski definition) is 4. The molecular weight excluding hydrogens is 198 g/mol. The Balaban J connectivity index is 2.16. The Morgan fingerprint density at radius 2 is 2.20 bits per heavy atom. The lowest BCUT2D eigenvalue weighted by Crippen LogP contribution is -2.32. The molecule has 0 N–H and O–H groups in total. The van der Waals surface area contributed by atoms with Crippen molar-refractivity contribution >= 4 is 5.97 Å². The van der Waals surface area contributed by atoms with Crippen molar-refractivity contribution in [1.29, 1.82) is 0 Å². The Morgan fingerprint density at radius 1 is 1.53 bits per heavy atom. The van der Waals surface area contributed by atoms with E-state index in [0.717, 1.165) is 12.8 Å². The van der Waals surface area contributed by atoms with E-state index < -0.39 is 6.04 Å². The monoisotopic (exact) mass is 213 g/mol. The van der Waals surface area contributed by atoms with Gasteiger partial charge >= 0.3 is 5.97 Å². The average Bonchev–Trinajstić information content (AvgIpc) is 2.68. The molecule has 0 bridgehead atoms. The SMILES string of the molecule is CC1C(=O)O[C@H]2CC[C@H](C(C)[N+](=O)[O-])[C@H]12. The van der Waals surface area contributed by atoms with Crippen molar-refractivity contribution in [3.63, 3.8) is 0 Å². The van der Waals surface area contributed by atoms with Crippen LogP contribution in [0.5, 0.6) is 0 Å². The maximum absolute atomic E-state index is 11.3. The molecule has 0 spiro atoms. The van der Waals surface area contributed by atoms with Gasteiger partial charge in [-0.05, 0) is 12.8 Å². The van der Waals surface area contributed by atoms with Crippen LogP contribution in [-0.2, 0) is 9.53 Å². The van der Waals surface area contributed by atoms with Crippen LogP contribution in [0.15, 0.2) is 0 Å². The van der Waals surface area contributed by atoms with Crippen LogP contribution in [0, 0.1) is 27.9 Å². The Hall–Kier alpha value is -1.13. The summed E-state index contributed by atoms with van der Waals surface area (Å²) in [4.78, 5) is 21.8. The third-order valence-electron chi connectivity index (χ3n) is 3.88. The maximum atomic E-state index is 11.3. The molecule has 2 unspecified atom stereocenters. The molecule has 1 saturated carbocycles. The molecule has 0 aromatic carbocycles. The van der Waals surface area contributed by atoms with Gasteiger partial charge in [-0.1, -0.05) is 6.92 Å². The van der Waals surface area contributed by atoms with Crippen LogP contribution in [0.3, 0.4) is 0 Å². The molecule has 1 heterocycles. The van der Waals surface area contributed by atoms with Crippen molar-refractivity contribution in [2.45, 2.75) is 38.8 Å². The molecule has 5 atom stereocenters. The molecule has 0 radical (unpaired) electrons. The molecule has 84 valence electrons. The van der Waals surface area contributed by atoms with Crippen molar-refractivity contribution in [3.8, 4) is 0 Å². The summed E-state index contributed by atoms with van der Waals surface area (Å²) in [7, 11) is 0. The summed E-state index contributed by atoms with van der Waals surface area (Å²) in [6, 6.07) is -0.572. The van der Waals surface area contributed by atoms with Crippen LogP contribution in [0.25, 0.3) is 0 Å². The highest BCUT2D eigenvalue weighted by Crippen LogP contribution is 2.46. The zero-order valence-electron chi connectivity index (χ0n) is 8.88. The smallest absolute Gasteiger partial charge is 0.309 e. The first-order valence-corrected chi connectivity index (χ1v) is 5.36. The van der Waals surface area contributed by atoms with Crippen LogP contribution >= 0.6 is 0 Å². The van der Waals surface area contributed by atoms with E-state index >= 15 is 0 Å². The van der Waals surface area contributed by atoms with E-state index in [1.54, 1.807) is 6.92 Å². The molecule has 2 rings (SSSR count). The molecule has 0 amide bonds. The second kappa shape index (κ2) is 3.47. The molecule has 2 aliphatic rings. The second-order valence-electron chi connectivity index (χ2n) is 4.61. The van der Waals surface area contributed by atoms with Crippen molar-refractivity contribution in [1.82, 2.24) is 0 Å². The van der Waals surface area contributed by atoms with Gasteiger partial charge in [0.05, 0.1) is 5.92 Å². The van der Waals surface area contributed by atoms with Crippen molar-refractivity contribution in [2.24, 2.45) is 17.8 Å². The third-order valence-corrected chi connectivity index (χ3v) is 3.88. The molecule has 1 aliphatic carbocycles. The van der Waals surface area contributed by atoms with E-state index in [4.69, 9.17) is 4.74 Å². The molecule has 0 aromatic rings. The fraction of sp³-hybridized carbons (Fsp3) is 0.900. The van der Waals surface area contributed by atoms with Gasteiger partial charge in [-0.3, -0.25) is 14.9 Å². The number of nitro groups is 1. The average molecular weight is 213 g/mol. The minimum atomic E-state index is -0.572. The quantitative estimate of drug-likeness (QED) is 0.393. The summed E-state index contributed by atoms with van der Waals surface area (Å²) in [6.07, 6.45) is 1.51. The van der Waals surface area contributed by atoms with Crippen molar-refractivity contribution in [3.05, 3.63) is 10.1 Å². The standard InChI is InChI=1S/C10H15NO4/c1-5-9-7(6(2)11(13)14)3-4-8(9)15-10(5)12/h5-9H,3-4H2,1-2H3/t5?,6?,7-,8+,9+/m1/s1. The topological polar surface area (TPSA) is 69.4 Å². The summed E-state index contributed by atoms with van der Waals surface area (Å²) in [5.41, 5.74) is 0. The molecular formula is C10H15NO4. The maximum Gasteiger partial charge on any atom is 0.309 e. The summed E-state index contributed by atoms with van der Waals surface area (Å²) < 4.78 is 5.20. The first kappa shape index (κ1) is 10.4. The molecule has 1 saturated heterocycles. The minimum Gasteiger partial charge on any atom is -0.462 e. The van der Waals surface area contributed by atoms with E-state index in [0.29, 0.717) is 0 Å². The fourth-order valence-corrected chi connectivity index (χ4v) is 2.98. The predicted molar refractivity (Wildman–Crippen MR) is 51.7 cm³/mol. The molecule has 2 fully saturated rings. The summed E-state index contributed by atoms with van der Waals surface area (Å²) in [5.74, 6) is -0.320. The highest BCUT2D eigenvalue weighted by molar-refractivity contribution is 5.75. The number of rotatable bonds is 2. The number of nitrogens with zero attached hydrogens (tertiary/aromatic N) is 1. The number of ether oxygens (including phenoxy) is 1. The normalized spacial score (nSPS) is 41.1. The lowest BCUT2D eigenvalue weighted by Gasteiger charge is -2.20. The van der Waals surface area contributed by atoms with Gasteiger partial charge in [-0.15, -0.1) is 0 Å². The van der Waals surface area contributed by atoms with Gasteiger partial charge in [0.1, 0.15) is 6.10 Å². The lowest BCUT2D eigenvalue weighted by molar-refractivity contribution is -0.529. The predicted octanol–water partition coefficient (Wildman–Crippen LogP) is 1.24. The molecule has 5 heteroatoms. The Bertz CT molecular complexity index is 304. The van der Waals surface area contributed by atoms with Gasteiger partial charge in [0.15, 0.2) is 0 Å². The molecule has 1 aliphatic heterocycles. The van der Waals surface area contributed by atoms with E-state index in [2.05, 4.69) is 0 Å². The Labute approximate surface area is 87.9 Å². The van der Waals surface area contributed by atoms with Crippen LogP contribution in [0.4, 0.5) is 0 Å². The van der Waals surface area contributed by atoms with Gasteiger partial charge in [-0.25, -0.2) is 0 Å². The van der Waals surface area contributed by atoms with E-state index in [1.165, 1.54) is 0 Å². The molecule has 0 aromatic heterocycles. The first-order valence-electron chi connectivity index (χ1n) is 5.36. The lowest BCUT2D eigenvalue weighted by atomic mass is 9.82. The van der Waals surface area contributed by atoms with E-state index in [9.17, 15) is 14.9 Å². The number of esters is 1. The van der Waals surface area contributed by atoms with Gasteiger partial charge in [0.25, 0.3) is 0 Å². The Morgan fingerprint density at radius 3 is 2.80 bits per heavy atom.